The number of aryl methyl sites for hydroxylation is 1. The van der Waals surface area contributed by atoms with Gasteiger partial charge in [0.15, 0.2) is 6.61 Å². The molecule has 94 valence electrons. The molecule has 2 rings (SSSR count). The van der Waals surface area contributed by atoms with Crippen LogP contribution in [0.3, 0.4) is 0 Å². The second kappa shape index (κ2) is 5.87. The Labute approximate surface area is 123 Å². The van der Waals surface area contributed by atoms with Gasteiger partial charge in [0.2, 0.25) is 5.78 Å². The molecule has 0 aliphatic rings. The molecule has 2 aromatic rings. The average molecular weight is 346 g/mol. The van der Waals surface area contributed by atoms with Crippen molar-refractivity contribution in [3.63, 3.8) is 0 Å². The average Bonchev–Trinajstić information content (AvgIpc) is 2.77. The Morgan fingerprint density at radius 2 is 2.17 bits per heavy atom. The van der Waals surface area contributed by atoms with E-state index in [2.05, 4.69) is 15.9 Å². The Bertz CT molecular complexity index is 580. The predicted molar refractivity (Wildman–Crippen MR) is 78.0 cm³/mol. The molecule has 0 atom stereocenters. The highest BCUT2D eigenvalue weighted by Gasteiger charge is 2.10. The molecule has 0 bridgehead atoms. The molecule has 0 fully saturated rings. The van der Waals surface area contributed by atoms with E-state index in [1.165, 1.54) is 11.3 Å². The Kier molecular flexibility index (Phi) is 4.43. The second-order valence-corrected chi connectivity index (χ2v) is 6.36. The van der Waals surface area contributed by atoms with E-state index >= 15 is 0 Å². The zero-order valence-electron chi connectivity index (χ0n) is 9.57. The Morgan fingerprint density at radius 3 is 2.83 bits per heavy atom. The van der Waals surface area contributed by atoms with E-state index in [1.807, 2.05) is 25.1 Å². The highest BCUT2D eigenvalue weighted by atomic mass is 79.9. The lowest BCUT2D eigenvalue weighted by Gasteiger charge is -2.08. The molecule has 1 heterocycles. The number of thiophene rings is 1. The van der Waals surface area contributed by atoms with Crippen LogP contribution in [-0.2, 0) is 0 Å². The molecule has 2 nitrogen and oxygen atoms in total. The molecule has 0 radical (unpaired) electrons. The first kappa shape index (κ1) is 13.6. The molecule has 0 unspecified atom stereocenters. The zero-order chi connectivity index (χ0) is 13.1. The number of ketones is 1. The van der Waals surface area contributed by atoms with Gasteiger partial charge in [0.25, 0.3) is 0 Å². The molecule has 1 aromatic heterocycles. The standard InChI is InChI=1S/C13H10BrClO2S/c1-8-2-3-9(14)6-11(8)17-7-10(16)12-4-5-13(15)18-12/h2-6H,7H2,1H3. The van der Waals surface area contributed by atoms with Crippen LogP contribution in [0.15, 0.2) is 34.8 Å². The fourth-order valence-corrected chi connectivity index (χ4v) is 2.72. The Hall–Kier alpha value is -0.840. The minimum atomic E-state index is -0.0636. The summed E-state index contributed by atoms with van der Waals surface area (Å²) in [5.41, 5.74) is 0.996. The van der Waals surface area contributed by atoms with Gasteiger partial charge in [0.05, 0.1) is 9.21 Å². The fraction of sp³-hybridized carbons (Fsp3) is 0.154. The van der Waals surface area contributed by atoms with Crippen molar-refractivity contribution in [2.45, 2.75) is 6.92 Å². The first-order valence-corrected chi connectivity index (χ1v) is 7.22. The largest absolute Gasteiger partial charge is 0.485 e. The number of hydrogen-bond donors (Lipinski definition) is 0. The number of carbonyl (C=O) groups excluding carboxylic acids is 1. The molecule has 1 aromatic carbocycles. The molecule has 0 aliphatic heterocycles. The zero-order valence-corrected chi connectivity index (χ0v) is 12.7. The summed E-state index contributed by atoms with van der Waals surface area (Å²) < 4.78 is 7.06. The molecule has 18 heavy (non-hydrogen) atoms. The summed E-state index contributed by atoms with van der Waals surface area (Å²) in [5, 5.41) is 0. The maximum atomic E-state index is 11.8. The smallest absolute Gasteiger partial charge is 0.210 e. The number of carbonyl (C=O) groups is 1. The number of benzene rings is 1. The minimum Gasteiger partial charge on any atom is -0.485 e. The molecule has 0 spiro atoms. The highest BCUT2D eigenvalue weighted by molar-refractivity contribution is 9.10. The van der Waals surface area contributed by atoms with Crippen molar-refractivity contribution >= 4 is 44.7 Å². The van der Waals surface area contributed by atoms with E-state index in [9.17, 15) is 4.79 Å². The minimum absolute atomic E-state index is 0.0220. The van der Waals surface area contributed by atoms with E-state index in [4.69, 9.17) is 16.3 Å². The first-order chi connectivity index (χ1) is 8.56. The first-order valence-electron chi connectivity index (χ1n) is 5.24. The van der Waals surface area contributed by atoms with Crippen LogP contribution in [0.4, 0.5) is 0 Å². The summed E-state index contributed by atoms with van der Waals surface area (Å²) in [4.78, 5) is 12.5. The SMILES string of the molecule is Cc1ccc(Br)cc1OCC(=O)c1ccc(Cl)s1. The quantitative estimate of drug-likeness (QED) is 0.749. The summed E-state index contributed by atoms with van der Waals surface area (Å²) in [6.45, 7) is 1.96. The number of Topliss-reactive ketones (excluding diaryl/α,β-unsaturated/α-hetero) is 1. The van der Waals surface area contributed by atoms with Gasteiger partial charge in [-0.2, -0.15) is 0 Å². The summed E-state index contributed by atoms with van der Waals surface area (Å²) >= 11 is 10.4. The molecule has 5 heteroatoms. The van der Waals surface area contributed by atoms with Gasteiger partial charge in [-0.25, -0.2) is 0 Å². The third-order valence-corrected chi connectivity index (χ3v) is 4.12. The van der Waals surface area contributed by atoms with Gasteiger partial charge in [-0.1, -0.05) is 33.6 Å². The summed E-state index contributed by atoms with van der Waals surface area (Å²) in [5.74, 6) is 0.645. The van der Waals surface area contributed by atoms with E-state index in [0.29, 0.717) is 15.0 Å². The maximum absolute atomic E-state index is 11.8. The van der Waals surface area contributed by atoms with E-state index < -0.39 is 0 Å². The third kappa shape index (κ3) is 3.34. The van der Waals surface area contributed by atoms with Crippen LogP contribution in [0, 0.1) is 6.92 Å². The van der Waals surface area contributed by atoms with Crippen LogP contribution in [0.5, 0.6) is 5.75 Å². The number of rotatable bonds is 4. The molecular weight excluding hydrogens is 336 g/mol. The fourth-order valence-electron chi connectivity index (χ4n) is 1.41. The van der Waals surface area contributed by atoms with Crippen molar-refractivity contribution in [1.29, 1.82) is 0 Å². The van der Waals surface area contributed by atoms with E-state index in [1.54, 1.807) is 12.1 Å². The Morgan fingerprint density at radius 1 is 1.39 bits per heavy atom. The van der Waals surface area contributed by atoms with Gasteiger partial charge in [-0.3, -0.25) is 4.79 Å². The van der Waals surface area contributed by atoms with Crippen molar-refractivity contribution in [3.05, 3.63) is 49.6 Å². The van der Waals surface area contributed by atoms with Gasteiger partial charge in [-0.15, -0.1) is 11.3 Å². The van der Waals surface area contributed by atoms with Crippen molar-refractivity contribution in [3.8, 4) is 5.75 Å². The second-order valence-electron chi connectivity index (χ2n) is 3.73. The van der Waals surface area contributed by atoms with Crippen LogP contribution < -0.4 is 4.74 Å². The number of halogens is 2. The molecule has 0 amide bonds. The van der Waals surface area contributed by atoms with Crippen LogP contribution in [0.1, 0.15) is 15.2 Å². The Balaban J connectivity index is 2.03. The van der Waals surface area contributed by atoms with Crippen molar-refractivity contribution < 1.29 is 9.53 Å². The molecule has 0 saturated carbocycles. The normalized spacial score (nSPS) is 10.4. The highest BCUT2D eigenvalue weighted by Crippen LogP contribution is 2.24. The maximum Gasteiger partial charge on any atom is 0.210 e. The van der Waals surface area contributed by atoms with Crippen molar-refractivity contribution in [2.24, 2.45) is 0 Å². The van der Waals surface area contributed by atoms with E-state index in [-0.39, 0.29) is 12.4 Å². The van der Waals surface area contributed by atoms with Crippen molar-refractivity contribution in [1.82, 2.24) is 0 Å². The topological polar surface area (TPSA) is 26.3 Å². The molecular formula is C13H10BrClO2S. The predicted octanol–water partition coefficient (Wildman–Crippen LogP) is 4.73. The van der Waals surface area contributed by atoms with Crippen LogP contribution in [0.2, 0.25) is 4.34 Å². The summed E-state index contributed by atoms with van der Waals surface area (Å²) in [6.07, 6.45) is 0. The molecule has 0 saturated heterocycles. The number of ether oxygens (including phenoxy) is 1. The summed E-state index contributed by atoms with van der Waals surface area (Å²) in [7, 11) is 0. The number of hydrogen-bond acceptors (Lipinski definition) is 3. The van der Waals surface area contributed by atoms with Gasteiger partial charge >= 0.3 is 0 Å². The lowest BCUT2D eigenvalue weighted by molar-refractivity contribution is 0.0925. The van der Waals surface area contributed by atoms with Crippen LogP contribution in [0.25, 0.3) is 0 Å². The third-order valence-electron chi connectivity index (χ3n) is 2.36. The van der Waals surface area contributed by atoms with Gasteiger partial charge in [-0.05, 0) is 36.8 Å². The monoisotopic (exact) mass is 344 g/mol. The van der Waals surface area contributed by atoms with Gasteiger partial charge in [0.1, 0.15) is 5.75 Å². The van der Waals surface area contributed by atoms with Crippen LogP contribution >= 0.6 is 38.9 Å². The molecule has 0 N–H and O–H groups in total. The van der Waals surface area contributed by atoms with Crippen LogP contribution in [-0.4, -0.2) is 12.4 Å². The lowest BCUT2D eigenvalue weighted by atomic mass is 10.2. The molecule has 0 aliphatic carbocycles. The lowest BCUT2D eigenvalue weighted by Crippen LogP contribution is -2.10. The van der Waals surface area contributed by atoms with Gasteiger partial charge < -0.3 is 4.74 Å². The van der Waals surface area contributed by atoms with Crippen molar-refractivity contribution in [2.75, 3.05) is 6.61 Å². The van der Waals surface area contributed by atoms with E-state index in [0.717, 1.165) is 10.0 Å². The van der Waals surface area contributed by atoms with Gasteiger partial charge in [0, 0.05) is 4.47 Å². The summed E-state index contributed by atoms with van der Waals surface area (Å²) in [6, 6.07) is 9.15.